The Balaban J connectivity index is 1.49. The number of phenols is 1. The molecule has 0 radical (unpaired) electrons. The predicted molar refractivity (Wildman–Crippen MR) is 184 cm³/mol. The fraction of sp³-hybridized carbons (Fsp3) is 0.486. The van der Waals surface area contributed by atoms with Gasteiger partial charge in [-0.2, -0.15) is 0 Å². The minimum atomic E-state index is -4.28. The molecule has 0 bridgehead atoms. The van der Waals surface area contributed by atoms with E-state index in [2.05, 4.69) is 0 Å². The molecule has 272 valence electrons. The Morgan fingerprint density at radius 1 is 0.860 bits per heavy atom. The van der Waals surface area contributed by atoms with Crippen LogP contribution in [0.5, 0.6) is 5.75 Å². The monoisotopic (exact) mass is 715 g/mol. The largest absolute Gasteiger partial charge is 0.508 e. The highest BCUT2D eigenvalue weighted by Crippen LogP contribution is 2.43. The molecule has 2 saturated heterocycles. The number of carbonyl (C=O) groups excluding carboxylic acids is 1. The molecule has 1 amide bonds. The number of β-lactam (4-membered cyclic amide) rings is 1. The topological polar surface area (TPSA) is 185 Å². The van der Waals surface area contributed by atoms with Gasteiger partial charge in [0.05, 0.1) is 35.7 Å². The summed E-state index contributed by atoms with van der Waals surface area (Å²) in [6.45, 7) is 1.24. The van der Waals surface area contributed by atoms with Gasteiger partial charge in [-0.1, -0.05) is 49.4 Å². The molecule has 5 rings (SSSR count). The number of aromatic hydroxyl groups is 1. The zero-order valence-corrected chi connectivity index (χ0v) is 28.6. The highest BCUT2D eigenvalue weighted by Gasteiger charge is 2.56. The Bertz CT molecular complexity index is 1670. The molecule has 3 unspecified atom stereocenters. The first-order valence-corrected chi connectivity index (χ1v) is 18.7. The van der Waals surface area contributed by atoms with Gasteiger partial charge in [0.2, 0.25) is 5.91 Å². The lowest BCUT2D eigenvalue weighted by Crippen LogP contribution is -2.68. The van der Waals surface area contributed by atoms with Gasteiger partial charge < -0.3 is 40.3 Å². The standard InChI is InChI=1S/C37H46FNO10S/c1-2-22(24-7-6-10-27(41)19-24)13-18-32(50(47,48)21-31-35(44)36(45)34(43)30(20-40)49-31)33-28(37(46)39(33)26-8-4-3-5-9-26)16-17-29(42)23-11-14-25(38)15-12-23/h3-12,14-15,19,22,28-36,40-45H,2,13,16-18,20-21H2,1H3/t22?,28-,29+,30-,31?,32?,33+,34-,35+,36+/m1/s1. The molecule has 2 aliphatic heterocycles. The van der Waals surface area contributed by atoms with Gasteiger partial charge in [0.1, 0.15) is 42.1 Å². The zero-order valence-electron chi connectivity index (χ0n) is 27.8. The van der Waals surface area contributed by atoms with Crippen molar-refractivity contribution in [3.63, 3.8) is 0 Å². The number of ether oxygens (including phenoxy) is 1. The van der Waals surface area contributed by atoms with E-state index in [4.69, 9.17) is 4.74 Å². The molecule has 3 aromatic carbocycles. The van der Waals surface area contributed by atoms with Gasteiger partial charge in [0, 0.05) is 5.69 Å². The van der Waals surface area contributed by atoms with Crippen LogP contribution in [0.3, 0.4) is 0 Å². The minimum absolute atomic E-state index is 0.0756. The fourth-order valence-corrected chi connectivity index (χ4v) is 9.56. The van der Waals surface area contributed by atoms with E-state index in [9.17, 15) is 48.2 Å². The van der Waals surface area contributed by atoms with Crippen LogP contribution in [0.15, 0.2) is 78.9 Å². The summed E-state index contributed by atoms with van der Waals surface area (Å²) in [5.41, 5.74) is 1.77. The number of sulfone groups is 1. The molecule has 3 aromatic rings. The van der Waals surface area contributed by atoms with Crippen LogP contribution in [0.2, 0.25) is 0 Å². The molecular formula is C37H46FNO10S. The van der Waals surface area contributed by atoms with Crippen molar-refractivity contribution in [3.05, 3.63) is 95.8 Å². The molecule has 2 heterocycles. The van der Waals surface area contributed by atoms with Gasteiger partial charge in [-0.25, -0.2) is 12.8 Å². The van der Waals surface area contributed by atoms with E-state index < -0.39 is 81.8 Å². The molecule has 11 nitrogen and oxygen atoms in total. The quantitative estimate of drug-likeness (QED) is 0.128. The number of rotatable bonds is 15. The van der Waals surface area contributed by atoms with E-state index in [1.54, 1.807) is 48.5 Å². The van der Waals surface area contributed by atoms with Crippen molar-refractivity contribution in [1.29, 1.82) is 0 Å². The first-order valence-electron chi connectivity index (χ1n) is 17.0. The smallest absolute Gasteiger partial charge is 0.232 e. The van der Waals surface area contributed by atoms with E-state index in [1.807, 2.05) is 13.0 Å². The third-order valence-corrected chi connectivity index (χ3v) is 12.4. The summed E-state index contributed by atoms with van der Waals surface area (Å²) < 4.78 is 48.4. The zero-order chi connectivity index (χ0) is 36.2. The van der Waals surface area contributed by atoms with E-state index in [-0.39, 0.29) is 36.8 Å². The maximum Gasteiger partial charge on any atom is 0.232 e. The average molecular weight is 716 g/mol. The van der Waals surface area contributed by atoms with Crippen LogP contribution in [-0.4, -0.2) is 99.1 Å². The second-order valence-corrected chi connectivity index (χ2v) is 15.6. The Kier molecular flexibility index (Phi) is 12.3. The van der Waals surface area contributed by atoms with Gasteiger partial charge in [-0.05, 0) is 85.5 Å². The molecule has 6 N–H and O–H groups in total. The Hall–Kier alpha value is -3.43. The number of hydrogen-bond acceptors (Lipinski definition) is 10. The van der Waals surface area contributed by atoms with Crippen molar-refractivity contribution < 1.29 is 53.0 Å². The molecule has 0 aliphatic carbocycles. The Morgan fingerprint density at radius 3 is 2.18 bits per heavy atom. The van der Waals surface area contributed by atoms with Gasteiger partial charge >= 0.3 is 0 Å². The number of phenolic OH excluding ortho intramolecular Hbond substituents is 1. The molecule has 2 fully saturated rings. The number of hydrogen-bond donors (Lipinski definition) is 6. The Morgan fingerprint density at radius 2 is 1.54 bits per heavy atom. The first kappa shape index (κ1) is 37.8. The molecule has 0 spiro atoms. The number of para-hydroxylation sites is 1. The number of aliphatic hydroxyl groups excluding tert-OH is 5. The summed E-state index contributed by atoms with van der Waals surface area (Å²) in [5, 5.41) is 61.1. The van der Waals surface area contributed by atoms with Crippen LogP contribution >= 0.6 is 0 Å². The van der Waals surface area contributed by atoms with E-state index in [0.29, 0.717) is 24.1 Å². The second-order valence-electron chi connectivity index (χ2n) is 13.3. The molecule has 50 heavy (non-hydrogen) atoms. The maximum atomic E-state index is 14.6. The second kappa shape index (κ2) is 16.3. The van der Waals surface area contributed by atoms with Gasteiger partial charge in [0.25, 0.3) is 0 Å². The van der Waals surface area contributed by atoms with Gasteiger partial charge in [-0.15, -0.1) is 0 Å². The SMILES string of the molecule is CCC(CCC([C@@H]1[C@@H](CC[C@H](O)c2ccc(F)cc2)C(=O)N1c1ccccc1)S(=O)(=O)CC1O[C@H](CO)[C@@H](O)[C@H](O)[C@H]1O)c1cccc(O)c1. The molecule has 13 heteroatoms. The van der Waals surface area contributed by atoms with Crippen LogP contribution in [0.4, 0.5) is 10.1 Å². The molecule has 2 aliphatic rings. The molecule has 0 aromatic heterocycles. The van der Waals surface area contributed by atoms with Crippen molar-refractivity contribution in [1.82, 2.24) is 0 Å². The average Bonchev–Trinajstić information content (AvgIpc) is 3.10. The highest BCUT2D eigenvalue weighted by molar-refractivity contribution is 7.92. The van der Waals surface area contributed by atoms with Crippen molar-refractivity contribution in [2.75, 3.05) is 17.3 Å². The summed E-state index contributed by atoms with van der Waals surface area (Å²) in [7, 11) is -4.28. The summed E-state index contributed by atoms with van der Waals surface area (Å²) >= 11 is 0. The first-order chi connectivity index (χ1) is 23.9. The number of anilines is 1. The van der Waals surface area contributed by atoms with E-state index in [1.165, 1.54) is 29.2 Å². The molecule has 0 saturated carbocycles. The third-order valence-electron chi connectivity index (χ3n) is 10.2. The lowest BCUT2D eigenvalue weighted by Gasteiger charge is -2.51. The summed E-state index contributed by atoms with van der Waals surface area (Å²) in [4.78, 5) is 15.3. The summed E-state index contributed by atoms with van der Waals surface area (Å²) in [6.07, 6.45) is -7.72. The van der Waals surface area contributed by atoms with Crippen molar-refractivity contribution >= 4 is 21.4 Å². The molecule has 10 atom stereocenters. The van der Waals surface area contributed by atoms with E-state index in [0.717, 1.165) is 5.56 Å². The van der Waals surface area contributed by atoms with E-state index >= 15 is 0 Å². The van der Waals surface area contributed by atoms with Gasteiger partial charge in [-0.3, -0.25) is 4.79 Å². The Labute approximate surface area is 291 Å². The number of halogens is 1. The van der Waals surface area contributed by atoms with Crippen molar-refractivity contribution in [2.24, 2.45) is 5.92 Å². The lowest BCUT2D eigenvalue weighted by molar-refractivity contribution is -0.223. The predicted octanol–water partition coefficient (Wildman–Crippen LogP) is 2.98. The number of carbonyl (C=O) groups is 1. The molecular weight excluding hydrogens is 669 g/mol. The normalized spacial score (nSPS) is 27.4. The minimum Gasteiger partial charge on any atom is -0.508 e. The van der Waals surface area contributed by atoms with Crippen molar-refractivity contribution in [3.8, 4) is 5.75 Å². The fourth-order valence-electron chi connectivity index (χ4n) is 7.35. The van der Waals surface area contributed by atoms with Crippen LogP contribution in [-0.2, 0) is 19.4 Å². The van der Waals surface area contributed by atoms with Crippen LogP contribution in [0.1, 0.15) is 62.2 Å². The lowest BCUT2D eigenvalue weighted by atomic mass is 9.78. The number of amides is 1. The van der Waals surface area contributed by atoms with Crippen molar-refractivity contribution in [2.45, 2.75) is 92.9 Å². The number of nitrogens with zero attached hydrogens (tertiary/aromatic N) is 1. The number of aliphatic hydroxyl groups is 5. The van der Waals surface area contributed by atoms with Crippen LogP contribution in [0.25, 0.3) is 0 Å². The third kappa shape index (κ3) is 8.20. The van der Waals surface area contributed by atoms with Crippen LogP contribution < -0.4 is 4.90 Å². The summed E-state index contributed by atoms with van der Waals surface area (Å²) in [5.74, 6) is -2.43. The maximum absolute atomic E-state index is 14.6. The van der Waals surface area contributed by atoms with Crippen LogP contribution in [0, 0.1) is 11.7 Å². The highest BCUT2D eigenvalue weighted by atomic mass is 32.2. The number of benzene rings is 3. The summed E-state index contributed by atoms with van der Waals surface area (Å²) in [6, 6.07) is 19.9. The van der Waals surface area contributed by atoms with Gasteiger partial charge in [0.15, 0.2) is 9.84 Å².